The maximum Gasteiger partial charge on any atom is 0.256 e. The number of hydrogen-bond acceptors (Lipinski definition) is 3. The SMILES string of the molecule is O=C(Cc1c[nH]c2ccccc12)N1CCc2nc(C3(c4ccccc4)CC3)[nH]c(=O)c2C1. The van der Waals surface area contributed by atoms with Crippen LogP contribution in [0.5, 0.6) is 0 Å². The minimum Gasteiger partial charge on any atom is -0.361 e. The van der Waals surface area contributed by atoms with Crippen molar-refractivity contribution in [3.05, 3.63) is 99.4 Å². The maximum absolute atomic E-state index is 13.0. The molecule has 1 aliphatic carbocycles. The lowest BCUT2D eigenvalue weighted by Crippen LogP contribution is -2.41. The van der Waals surface area contributed by atoms with Crippen molar-refractivity contribution >= 4 is 16.8 Å². The van der Waals surface area contributed by atoms with Crippen LogP contribution in [-0.2, 0) is 29.6 Å². The smallest absolute Gasteiger partial charge is 0.256 e. The van der Waals surface area contributed by atoms with E-state index in [0.29, 0.717) is 31.5 Å². The molecule has 6 nitrogen and oxygen atoms in total. The second-order valence-corrected chi connectivity index (χ2v) is 8.89. The Morgan fingerprint density at radius 3 is 2.66 bits per heavy atom. The minimum absolute atomic E-state index is 0.0341. The van der Waals surface area contributed by atoms with Crippen LogP contribution in [0.1, 0.15) is 41.1 Å². The summed E-state index contributed by atoms with van der Waals surface area (Å²) in [7, 11) is 0. The van der Waals surface area contributed by atoms with Crippen LogP contribution in [0.4, 0.5) is 0 Å². The molecular formula is C26H24N4O2. The van der Waals surface area contributed by atoms with Crippen LogP contribution in [0.25, 0.3) is 10.9 Å². The van der Waals surface area contributed by atoms with E-state index in [1.54, 1.807) is 4.90 Å². The first kappa shape index (κ1) is 19.0. The Balaban J connectivity index is 1.25. The van der Waals surface area contributed by atoms with Gasteiger partial charge in [0.05, 0.1) is 29.6 Å². The van der Waals surface area contributed by atoms with Crippen molar-refractivity contribution in [2.24, 2.45) is 0 Å². The third-order valence-corrected chi connectivity index (χ3v) is 6.97. The van der Waals surface area contributed by atoms with Gasteiger partial charge in [-0.2, -0.15) is 0 Å². The number of H-pyrrole nitrogens is 2. The number of aromatic nitrogens is 3. The monoisotopic (exact) mass is 424 g/mol. The lowest BCUT2D eigenvalue weighted by Gasteiger charge is -2.28. The first-order chi connectivity index (χ1) is 15.6. The van der Waals surface area contributed by atoms with Gasteiger partial charge in [-0.05, 0) is 30.0 Å². The molecule has 2 N–H and O–H groups in total. The fraction of sp³-hybridized carbons (Fsp3) is 0.269. The van der Waals surface area contributed by atoms with E-state index in [1.165, 1.54) is 5.56 Å². The van der Waals surface area contributed by atoms with Gasteiger partial charge in [0, 0.05) is 30.1 Å². The van der Waals surface area contributed by atoms with Crippen LogP contribution in [-0.4, -0.2) is 32.3 Å². The van der Waals surface area contributed by atoms with E-state index in [0.717, 1.165) is 40.8 Å². The van der Waals surface area contributed by atoms with Crippen LogP contribution in [0.15, 0.2) is 65.6 Å². The second-order valence-electron chi connectivity index (χ2n) is 8.89. The number of para-hydroxylation sites is 1. The van der Waals surface area contributed by atoms with Gasteiger partial charge in [-0.15, -0.1) is 0 Å². The number of nitrogens with zero attached hydrogens (tertiary/aromatic N) is 2. The zero-order valence-electron chi connectivity index (χ0n) is 17.7. The zero-order valence-corrected chi connectivity index (χ0v) is 17.7. The van der Waals surface area contributed by atoms with Gasteiger partial charge < -0.3 is 14.9 Å². The van der Waals surface area contributed by atoms with Gasteiger partial charge in [-0.1, -0.05) is 48.5 Å². The van der Waals surface area contributed by atoms with Crippen molar-refractivity contribution in [3.63, 3.8) is 0 Å². The van der Waals surface area contributed by atoms with Crippen molar-refractivity contribution in [1.82, 2.24) is 19.9 Å². The third kappa shape index (κ3) is 3.06. The fourth-order valence-corrected chi connectivity index (χ4v) is 4.96. The molecule has 1 aliphatic heterocycles. The van der Waals surface area contributed by atoms with Crippen molar-refractivity contribution in [3.8, 4) is 0 Å². The van der Waals surface area contributed by atoms with Gasteiger partial charge in [0.15, 0.2) is 0 Å². The van der Waals surface area contributed by atoms with Gasteiger partial charge >= 0.3 is 0 Å². The third-order valence-electron chi connectivity index (χ3n) is 6.97. The Morgan fingerprint density at radius 1 is 1.06 bits per heavy atom. The summed E-state index contributed by atoms with van der Waals surface area (Å²) in [5.74, 6) is 0.804. The average Bonchev–Trinajstić information content (AvgIpc) is 3.55. The summed E-state index contributed by atoms with van der Waals surface area (Å²) >= 11 is 0. The van der Waals surface area contributed by atoms with Crippen molar-refractivity contribution < 1.29 is 4.79 Å². The molecule has 0 unspecified atom stereocenters. The van der Waals surface area contributed by atoms with E-state index in [2.05, 4.69) is 22.1 Å². The van der Waals surface area contributed by atoms with E-state index in [4.69, 9.17) is 4.98 Å². The Morgan fingerprint density at radius 2 is 1.84 bits per heavy atom. The first-order valence-electron chi connectivity index (χ1n) is 11.1. The predicted octanol–water partition coefficient (Wildman–Crippen LogP) is 3.46. The molecule has 2 aromatic carbocycles. The molecule has 1 amide bonds. The molecule has 2 aromatic heterocycles. The summed E-state index contributed by atoms with van der Waals surface area (Å²) < 4.78 is 0. The largest absolute Gasteiger partial charge is 0.361 e. The number of carbonyl (C=O) groups is 1. The van der Waals surface area contributed by atoms with Gasteiger partial charge in [0.2, 0.25) is 5.91 Å². The molecule has 0 atom stereocenters. The van der Waals surface area contributed by atoms with E-state index >= 15 is 0 Å². The number of fused-ring (bicyclic) bond motifs is 2. The standard InChI is InChI=1S/C26H24N4O2/c31-23(14-17-15-27-21-9-5-4-8-19(17)21)30-13-10-22-20(16-30)24(32)29-25(28-22)26(11-12-26)18-6-2-1-3-7-18/h1-9,15,27H,10-14,16H2,(H,28,29,32). The first-order valence-corrected chi connectivity index (χ1v) is 11.1. The second kappa shape index (κ2) is 7.19. The topological polar surface area (TPSA) is 81.8 Å². The molecule has 0 saturated heterocycles. The van der Waals surface area contributed by atoms with Crippen molar-refractivity contribution in [2.75, 3.05) is 6.54 Å². The predicted molar refractivity (Wildman–Crippen MR) is 122 cm³/mol. The molecule has 6 heteroatoms. The lowest BCUT2D eigenvalue weighted by molar-refractivity contribution is -0.131. The minimum atomic E-state index is -0.169. The highest BCUT2D eigenvalue weighted by atomic mass is 16.2. The molecule has 6 rings (SSSR count). The normalized spacial score (nSPS) is 16.7. The highest BCUT2D eigenvalue weighted by molar-refractivity contribution is 5.89. The van der Waals surface area contributed by atoms with Gasteiger partial charge in [-0.3, -0.25) is 9.59 Å². The molecule has 4 aromatic rings. The maximum atomic E-state index is 13.0. The number of benzene rings is 2. The van der Waals surface area contributed by atoms with Crippen LogP contribution in [0, 0.1) is 0 Å². The number of rotatable bonds is 4. The molecule has 1 fully saturated rings. The van der Waals surface area contributed by atoms with Gasteiger partial charge in [0.1, 0.15) is 5.82 Å². The summed E-state index contributed by atoms with van der Waals surface area (Å²) in [6, 6.07) is 18.3. The average molecular weight is 425 g/mol. The molecule has 0 bridgehead atoms. The molecule has 0 radical (unpaired) electrons. The molecular weight excluding hydrogens is 400 g/mol. The van der Waals surface area contributed by atoms with Crippen LogP contribution >= 0.6 is 0 Å². The molecule has 2 aliphatic rings. The van der Waals surface area contributed by atoms with E-state index in [9.17, 15) is 9.59 Å². The number of carbonyl (C=O) groups excluding carboxylic acids is 1. The number of hydrogen-bond donors (Lipinski definition) is 2. The van der Waals surface area contributed by atoms with Crippen LogP contribution < -0.4 is 5.56 Å². The van der Waals surface area contributed by atoms with Crippen LogP contribution in [0.3, 0.4) is 0 Å². The Labute approximate surface area is 185 Å². The quantitative estimate of drug-likeness (QED) is 0.526. The highest BCUT2D eigenvalue weighted by Crippen LogP contribution is 2.51. The van der Waals surface area contributed by atoms with E-state index < -0.39 is 0 Å². The summed E-state index contributed by atoms with van der Waals surface area (Å²) in [5, 5.41) is 1.07. The Kier molecular flexibility index (Phi) is 4.28. The highest BCUT2D eigenvalue weighted by Gasteiger charge is 2.48. The summed E-state index contributed by atoms with van der Waals surface area (Å²) in [6.45, 7) is 0.903. The lowest BCUT2D eigenvalue weighted by atomic mass is 9.94. The molecule has 160 valence electrons. The molecule has 32 heavy (non-hydrogen) atoms. The van der Waals surface area contributed by atoms with Crippen molar-refractivity contribution in [2.45, 2.75) is 37.6 Å². The fourth-order valence-electron chi connectivity index (χ4n) is 4.96. The summed E-state index contributed by atoms with van der Waals surface area (Å²) in [5.41, 5.74) is 4.39. The van der Waals surface area contributed by atoms with E-state index in [-0.39, 0.29) is 16.9 Å². The van der Waals surface area contributed by atoms with Crippen LogP contribution in [0.2, 0.25) is 0 Å². The van der Waals surface area contributed by atoms with Crippen molar-refractivity contribution in [1.29, 1.82) is 0 Å². The molecule has 1 saturated carbocycles. The Bertz CT molecular complexity index is 1380. The number of nitrogens with one attached hydrogen (secondary N) is 2. The number of amides is 1. The number of aromatic amines is 2. The zero-order chi connectivity index (χ0) is 21.7. The Hall–Kier alpha value is -3.67. The molecule has 3 heterocycles. The van der Waals surface area contributed by atoms with Gasteiger partial charge in [0.25, 0.3) is 5.56 Å². The summed E-state index contributed by atoms with van der Waals surface area (Å²) in [4.78, 5) is 39.0. The summed E-state index contributed by atoms with van der Waals surface area (Å²) in [6.07, 6.45) is 4.82. The van der Waals surface area contributed by atoms with E-state index in [1.807, 2.05) is 48.7 Å². The molecule has 0 spiro atoms. The van der Waals surface area contributed by atoms with Gasteiger partial charge in [-0.25, -0.2) is 4.98 Å².